The van der Waals surface area contributed by atoms with Crippen LogP contribution in [0.1, 0.15) is 25.7 Å². The highest BCUT2D eigenvalue weighted by atomic mass is 19.1. The van der Waals surface area contributed by atoms with Gasteiger partial charge in [0, 0.05) is 18.9 Å². The zero-order chi connectivity index (χ0) is 13.3. The zero-order valence-electron chi connectivity index (χ0n) is 10.6. The molecule has 2 fully saturated rings. The Hall–Kier alpha value is -1.20. The van der Waals surface area contributed by atoms with Gasteiger partial charge in [-0.05, 0) is 31.0 Å². The lowest BCUT2D eigenvalue weighted by Crippen LogP contribution is -2.39. The van der Waals surface area contributed by atoms with E-state index in [1.807, 2.05) is 0 Å². The standard InChI is InChI=1S/C14H17F2NO2/c15-10-1-2-12(16)13(9-10)17-11-3-5-14(6-4-11)18-7-8-19-14/h1-2,9,11,17H,3-8H2. The molecule has 2 aliphatic rings. The average Bonchev–Trinajstić information content (AvgIpc) is 2.85. The molecule has 0 unspecified atom stereocenters. The van der Waals surface area contributed by atoms with E-state index in [0.29, 0.717) is 13.2 Å². The molecule has 1 aliphatic heterocycles. The monoisotopic (exact) mass is 269 g/mol. The fourth-order valence-electron chi connectivity index (χ4n) is 2.82. The van der Waals surface area contributed by atoms with E-state index in [9.17, 15) is 8.78 Å². The fraction of sp³-hybridized carbons (Fsp3) is 0.571. The van der Waals surface area contributed by atoms with Crippen LogP contribution < -0.4 is 5.32 Å². The summed E-state index contributed by atoms with van der Waals surface area (Å²) in [5, 5.41) is 3.07. The summed E-state index contributed by atoms with van der Waals surface area (Å²) in [5.41, 5.74) is 0.231. The van der Waals surface area contributed by atoms with Gasteiger partial charge in [0.15, 0.2) is 5.79 Å². The van der Waals surface area contributed by atoms with Gasteiger partial charge >= 0.3 is 0 Å². The summed E-state index contributed by atoms with van der Waals surface area (Å²) in [4.78, 5) is 0. The smallest absolute Gasteiger partial charge is 0.168 e. The van der Waals surface area contributed by atoms with E-state index in [0.717, 1.165) is 37.8 Å². The molecule has 1 aliphatic carbocycles. The first-order chi connectivity index (χ1) is 9.17. The number of halogens is 2. The Bertz CT molecular complexity index is 451. The Morgan fingerprint density at radius 1 is 1.11 bits per heavy atom. The second-order valence-corrected chi connectivity index (χ2v) is 5.15. The second-order valence-electron chi connectivity index (χ2n) is 5.15. The summed E-state index contributed by atoms with van der Waals surface area (Å²) in [5.74, 6) is -1.27. The molecular weight excluding hydrogens is 252 g/mol. The molecule has 1 spiro atoms. The molecule has 1 saturated heterocycles. The topological polar surface area (TPSA) is 30.5 Å². The average molecular weight is 269 g/mol. The molecule has 0 aromatic heterocycles. The Morgan fingerprint density at radius 3 is 2.47 bits per heavy atom. The number of hydrogen-bond donors (Lipinski definition) is 1. The number of rotatable bonds is 2. The van der Waals surface area contributed by atoms with Gasteiger partial charge in [-0.3, -0.25) is 0 Å². The molecular formula is C14H17F2NO2. The van der Waals surface area contributed by atoms with Crippen molar-refractivity contribution in [2.75, 3.05) is 18.5 Å². The van der Waals surface area contributed by atoms with Gasteiger partial charge in [-0.25, -0.2) is 8.78 Å². The van der Waals surface area contributed by atoms with Gasteiger partial charge in [0.2, 0.25) is 0 Å². The summed E-state index contributed by atoms with van der Waals surface area (Å²) >= 11 is 0. The molecule has 3 nitrogen and oxygen atoms in total. The third-order valence-corrected chi connectivity index (χ3v) is 3.85. The van der Waals surface area contributed by atoms with Crippen LogP contribution in [-0.2, 0) is 9.47 Å². The van der Waals surface area contributed by atoms with E-state index in [2.05, 4.69) is 5.32 Å². The van der Waals surface area contributed by atoms with E-state index >= 15 is 0 Å². The first kappa shape index (κ1) is 12.8. The second kappa shape index (κ2) is 5.06. The minimum atomic E-state index is -0.432. The predicted octanol–water partition coefficient (Wildman–Crippen LogP) is 3.06. The molecule has 19 heavy (non-hydrogen) atoms. The normalized spacial score (nSPS) is 22.8. The third kappa shape index (κ3) is 2.72. The van der Waals surface area contributed by atoms with Gasteiger partial charge in [0.25, 0.3) is 0 Å². The fourth-order valence-corrected chi connectivity index (χ4v) is 2.82. The van der Waals surface area contributed by atoms with Crippen LogP contribution in [0.5, 0.6) is 0 Å². The van der Waals surface area contributed by atoms with Crippen LogP contribution in [0.25, 0.3) is 0 Å². The third-order valence-electron chi connectivity index (χ3n) is 3.85. The van der Waals surface area contributed by atoms with Crippen molar-refractivity contribution in [2.24, 2.45) is 0 Å². The van der Waals surface area contributed by atoms with Gasteiger partial charge in [0.05, 0.1) is 18.9 Å². The van der Waals surface area contributed by atoms with Gasteiger partial charge in [-0.2, -0.15) is 0 Å². The quantitative estimate of drug-likeness (QED) is 0.895. The number of benzene rings is 1. The summed E-state index contributed by atoms with van der Waals surface area (Å²) in [7, 11) is 0. The first-order valence-electron chi connectivity index (χ1n) is 6.66. The highest BCUT2D eigenvalue weighted by molar-refractivity contribution is 5.45. The van der Waals surface area contributed by atoms with Gasteiger partial charge in [-0.15, -0.1) is 0 Å². The van der Waals surface area contributed by atoms with Gasteiger partial charge in [0.1, 0.15) is 11.6 Å². The van der Waals surface area contributed by atoms with Crippen molar-refractivity contribution in [3.8, 4) is 0 Å². The lowest BCUT2D eigenvalue weighted by Gasteiger charge is -2.36. The Kier molecular flexibility index (Phi) is 3.41. The van der Waals surface area contributed by atoms with Crippen molar-refractivity contribution in [1.29, 1.82) is 0 Å². The first-order valence-corrected chi connectivity index (χ1v) is 6.66. The number of nitrogens with one attached hydrogen (secondary N) is 1. The minimum Gasteiger partial charge on any atom is -0.380 e. The maximum Gasteiger partial charge on any atom is 0.168 e. The van der Waals surface area contributed by atoms with Crippen molar-refractivity contribution >= 4 is 5.69 Å². The van der Waals surface area contributed by atoms with Crippen LogP contribution in [0.15, 0.2) is 18.2 Å². The number of anilines is 1. The molecule has 1 N–H and O–H groups in total. The molecule has 0 amide bonds. The van der Waals surface area contributed by atoms with Crippen molar-refractivity contribution in [2.45, 2.75) is 37.5 Å². The molecule has 0 radical (unpaired) electrons. The Morgan fingerprint density at radius 2 is 1.79 bits per heavy atom. The van der Waals surface area contributed by atoms with E-state index in [4.69, 9.17) is 9.47 Å². The van der Waals surface area contributed by atoms with Crippen LogP contribution in [0.4, 0.5) is 14.5 Å². The molecule has 104 valence electrons. The lowest BCUT2D eigenvalue weighted by molar-refractivity contribution is -0.177. The lowest BCUT2D eigenvalue weighted by atomic mass is 9.90. The van der Waals surface area contributed by atoms with Crippen molar-refractivity contribution < 1.29 is 18.3 Å². The number of hydrogen-bond acceptors (Lipinski definition) is 3. The van der Waals surface area contributed by atoms with Crippen LogP contribution in [0.3, 0.4) is 0 Å². The highest BCUT2D eigenvalue weighted by Gasteiger charge is 2.40. The summed E-state index contributed by atoms with van der Waals surface area (Å²) in [6.07, 6.45) is 3.25. The zero-order valence-corrected chi connectivity index (χ0v) is 10.6. The van der Waals surface area contributed by atoms with E-state index in [1.54, 1.807) is 0 Å². The van der Waals surface area contributed by atoms with Gasteiger partial charge in [-0.1, -0.05) is 0 Å². The molecule has 1 saturated carbocycles. The van der Waals surface area contributed by atoms with Crippen LogP contribution >= 0.6 is 0 Å². The van der Waals surface area contributed by atoms with Crippen LogP contribution in [0, 0.1) is 11.6 Å². The molecule has 3 rings (SSSR count). The van der Waals surface area contributed by atoms with Gasteiger partial charge < -0.3 is 14.8 Å². The summed E-state index contributed by atoms with van der Waals surface area (Å²) in [6, 6.07) is 3.60. The molecule has 1 aromatic carbocycles. The van der Waals surface area contributed by atoms with Crippen molar-refractivity contribution in [3.05, 3.63) is 29.8 Å². The molecule has 5 heteroatoms. The SMILES string of the molecule is Fc1ccc(F)c(NC2CCC3(CC2)OCCO3)c1. The number of ether oxygens (including phenoxy) is 2. The van der Waals surface area contributed by atoms with Crippen molar-refractivity contribution in [1.82, 2.24) is 0 Å². The summed E-state index contributed by atoms with van der Waals surface area (Å²) in [6.45, 7) is 1.30. The highest BCUT2D eigenvalue weighted by Crippen LogP contribution is 2.36. The van der Waals surface area contributed by atoms with E-state index in [-0.39, 0.29) is 11.7 Å². The van der Waals surface area contributed by atoms with E-state index < -0.39 is 17.4 Å². The molecule has 1 heterocycles. The maximum atomic E-state index is 13.5. The van der Waals surface area contributed by atoms with E-state index in [1.165, 1.54) is 6.07 Å². The summed E-state index contributed by atoms with van der Waals surface area (Å²) < 4.78 is 37.9. The van der Waals surface area contributed by atoms with Crippen molar-refractivity contribution in [3.63, 3.8) is 0 Å². The molecule has 0 atom stereocenters. The maximum absolute atomic E-state index is 13.5. The predicted molar refractivity (Wildman–Crippen MR) is 66.9 cm³/mol. The molecule has 1 aromatic rings. The largest absolute Gasteiger partial charge is 0.380 e. The van der Waals surface area contributed by atoms with Crippen LogP contribution in [0.2, 0.25) is 0 Å². The molecule has 0 bridgehead atoms. The van der Waals surface area contributed by atoms with Crippen LogP contribution in [-0.4, -0.2) is 25.0 Å². The minimum absolute atomic E-state index is 0.134. The Balaban J connectivity index is 1.61. The Labute approximate surface area is 110 Å².